The topological polar surface area (TPSA) is 12.0 Å². The van der Waals surface area contributed by atoms with E-state index in [-0.39, 0.29) is 5.54 Å². The van der Waals surface area contributed by atoms with Gasteiger partial charge in [0.25, 0.3) is 0 Å². The Hall–Kier alpha value is -0.820. The third-order valence-electron chi connectivity index (χ3n) is 4.23. The third-order valence-corrected chi connectivity index (χ3v) is 4.23. The molecule has 0 saturated heterocycles. The van der Waals surface area contributed by atoms with E-state index in [9.17, 15) is 0 Å². The fourth-order valence-corrected chi connectivity index (χ4v) is 2.70. The normalized spacial score (nSPS) is 15.1. The van der Waals surface area contributed by atoms with Gasteiger partial charge in [-0.05, 0) is 51.0 Å². The van der Waals surface area contributed by atoms with Crippen LogP contribution in [0.3, 0.4) is 0 Å². The lowest BCUT2D eigenvalue weighted by atomic mass is 9.74. The summed E-state index contributed by atoms with van der Waals surface area (Å²) in [5, 5.41) is 3.74. The largest absolute Gasteiger partial charge is 0.312 e. The van der Waals surface area contributed by atoms with E-state index in [0.717, 1.165) is 6.54 Å². The Morgan fingerprint density at radius 1 is 1.00 bits per heavy atom. The third kappa shape index (κ3) is 6.09. The highest BCUT2D eigenvalue weighted by atomic mass is 15.0. The Labute approximate surface area is 126 Å². The van der Waals surface area contributed by atoms with Gasteiger partial charge in [-0.25, -0.2) is 0 Å². The van der Waals surface area contributed by atoms with Crippen LogP contribution < -0.4 is 5.32 Å². The average Bonchev–Trinajstić information content (AvgIpc) is 2.42. The minimum atomic E-state index is 0.198. The van der Waals surface area contributed by atoms with E-state index in [1.54, 1.807) is 0 Å². The summed E-state index contributed by atoms with van der Waals surface area (Å²) in [5.41, 5.74) is 2.06. The molecule has 0 fully saturated rings. The molecule has 1 heteroatoms. The molecule has 20 heavy (non-hydrogen) atoms. The van der Waals surface area contributed by atoms with Crippen LogP contribution >= 0.6 is 0 Å². The van der Waals surface area contributed by atoms with Gasteiger partial charge in [0.2, 0.25) is 0 Å². The van der Waals surface area contributed by atoms with Gasteiger partial charge in [0.05, 0.1) is 0 Å². The molecule has 1 rings (SSSR count). The van der Waals surface area contributed by atoms with Gasteiger partial charge < -0.3 is 5.32 Å². The van der Waals surface area contributed by atoms with Crippen molar-refractivity contribution in [3.8, 4) is 0 Å². The van der Waals surface area contributed by atoms with Gasteiger partial charge in [0.15, 0.2) is 0 Å². The highest BCUT2D eigenvalue weighted by Crippen LogP contribution is 2.33. The second-order valence-electron chi connectivity index (χ2n) is 7.22. The molecule has 1 N–H and O–H groups in total. The van der Waals surface area contributed by atoms with Crippen LogP contribution in [-0.4, -0.2) is 12.1 Å². The molecule has 0 aliphatic heterocycles. The molecule has 0 aliphatic carbocycles. The maximum absolute atomic E-state index is 3.74. The average molecular weight is 275 g/mol. The molecule has 0 radical (unpaired) electrons. The fraction of sp³-hybridized carbons (Fsp3) is 0.684. The first-order chi connectivity index (χ1) is 9.41. The minimum Gasteiger partial charge on any atom is -0.312 e. The zero-order valence-electron chi connectivity index (χ0n) is 14.1. The van der Waals surface area contributed by atoms with E-state index < -0.39 is 0 Å². The van der Waals surface area contributed by atoms with Crippen LogP contribution in [0.1, 0.15) is 65.9 Å². The standard InChI is InChI=1S/C19H33N/c1-6-8-14-19(7-2,16-20-18(3,4)5)15-17-12-10-9-11-13-17/h9-13,20H,6-8,14-16H2,1-5H3. The number of nitrogens with one attached hydrogen (secondary N) is 1. The second kappa shape index (κ2) is 7.83. The first kappa shape index (κ1) is 17.2. The van der Waals surface area contributed by atoms with Gasteiger partial charge in [-0.1, -0.05) is 57.0 Å². The molecular formula is C19H33N. The quantitative estimate of drug-likeness (QED) is 0.687. The summed E-state index contributed by atoms with van der Waals surface area (Å²) in [7, 11) is 0. The van der Waals surface area contributed by atoms with Crippen molar-refractivity contribution in [1.82, 2.24) is 5.32 Å². The monoisotopic (exact) mass is 275 g/mol. The highest BCUT2D eigenvalue weighted by Gasteiger charge is 2.29. The molecule has 0 saturated carbocycles. The lowest BCUT2D eigenvalue weighted by Crippen LogP contribution is -2.44. The van der Waals surface area contributed by atoms with E-state index in [4.69, 9.17) is 0 Å². The molecule has 0 spiro atoms. The van der Waals surface area contributed by atoms with E-state index in [2.05, 4.69) is 70.3 Å². The minimum absolute atomic E-state index is 0.198. The second-order valence-corrected chi connectivity index (χ2v) is 7.22. The molecule has 0 aromatic heterocycles. The number of rotatable bonds is 8. The van der Waals surface area contributed by atoms with E-state index in [0.29, 0.717) is 5.41 Å². The van der Waals surface area contributed by atoms with Crippen molar-refractivity contribution in [3.05, 3.63) is 35.9 Å². The Morgan fingerprint density at radius 3 is 2.15 bits per heavy atom. The zero-order chi connectivity index (χ0) is 15.1. The predicted octanol–water partition coefficient (Wildman–Crippen LogP) is 5.20. The summed E-state index contributed by atoms with van der Waals surface area (Å²) in [4.78, 5) is 0. The van der Waals surface area contributed by atoms with Crippen molar-refractivity contribution in [3.63, 3.8) is 0 Å². The van der Waals surface area contributed by atoms with Crippen molar-refractivity contribution in [1.29, 1.82) is 0 Å². The number of hydrogen-bond acceptors (Lipinski definition) is 1. The first-order valence-electron chi connectivity index (χ1n) is 8.20. The molecular weight excluding hydrogens is 242 g/mol. The number of unbranched alkanes of at least 4 members (excludes halogenated alkanes) is 1. The van der Waals surface area contributed by atoms with Crippen LogP contribution in [0.2, 0.25) is 0 Å². The van der Waals surface area contributed by atoms with Crippen molar-refractivity contribution >= 4 is 0 Å². The molecule has 1 nitrogen and oxygen atoms in total. The number of benzene rings is 1. The molecule has 0 aliphatic rings. The lowest BCUT2D eigenvalue weighted by molar-refractivity contribution is 0.206. The molecule has 114 valence electrons. The first-order valence-corrected chi connectivity index (χ1v) is 8.20. The fourth-order valence-electron chi connectivity index (χ4n) is 2.70. The van der Waals surface area contributed by atoms with Crippen LogP contribution in [0.25, 0.3) is 0 Å². The molecule has 1 atom stereocenters. The molecule has 0 bridgehead atoms. The molecule has 1 aromatic rings. The zero-order valence-corrected chi connectivity index (χ0v) is 14.1. The Bertz CT molecular complexity index is 363. The van der Waals surface area contributed by atoms with E-state index >= 15 is 0 Å². The maximum Gasteiger partial charge on any atom is 0.00967 e. The SMILES string of the molecule is CCCCC(CC)(CNC(C)(C)C)Cc1ccccc1. The van der Waals surface area contributed by atoms with Gasteiger partial charge >= 0.3 is 0 Å². The van der Waals surface area contributed by atoms with Crippen LogP contribution in [0, 0.1) is 5.41 Å². The van der Waals surface area contributed by atoms with E-state index in [1.165, 1.54) is 37.7 Å². The summed E-state index contributed by atoms with van der Waals surface area (Å²) in [6.45, 7) is 12.5. The Balaban J connectivity index is 2.81. The molecule has 1 aromatic carbocycles. The summed E-state index contributed by atoms with van der Waals surface area (Å²) in [5.74, 6) is 0. The van der Waals surface area contributed by atoms with Crippen molar-refractivity contribution in [2.45, 2.75) is 72.3 Å². The van der Waals surface area contributed by atoms with Gasteiger partial charge in [0, 0.05) is 12.1 Å². The summed E-state index contributed by atoms with van der Waals surface area (Å²) in [6, 6.07) is 11.0. The van der Waals surface area contributed by atoms with E-state index in [1.807, 2.05) is 0 Å². The summed E-state index contributed by atoms with van der Waals surface area (Å²) in [6.07, 6.45) is 6.36. The number of hydrogen-bond donors (Lipinski definition) is 1. The molecule has 0 amide bonds. The Morgan fingerprint density at radius 2 is 1.65 bits per heavy atom. The van der Waals surface area contributed by atoms with Crippen molar-refractivity contribution < 1.29 is 0 Å². The van der Waals surface area contributed by atoms with Gasteiger partial charge in [-0.2, -0.15) is 0 Å². The smallest absolute Gasteiger partial charge is 0.00967 e. The summed E-state index contributed by atoms with van der Waals surface area (Å²) >= 11 is 0. The maximum atomic E-state index is 3.74. The van der Waals surface area contributed by atoms with Crippen LogP contribution in [0.4, 0.5) is 0 Å². The van der Waals surface area contributed by atoms with Gasteiger partial charge in [-0.15, -0.1) is 0 Å². The summed E-state index contributed by atoms with van der Waals surface area (Å²) < 4.78 is 0. The van der Waals surface area contributed by atoms with Crippen LogP contribution in [-0.2, 0) is 6.42 Å². The van der Waals surface area contributed by atoms with Crippen molar-refractivity contribution in [2.24, 2.45) is 5.41 Å². The van der Waals surface area contributed by atoms with Crippen LogP contribution in [0.15, 0.2) is 30.3 Å². The Kier molecular flexibility index (Phi) is 6.75. The van der Waals surface area contributed by atoms with Gasteiger partial charge in [-0.3, -0.25) is 0 Å². The lowest BCUT2D eigenvalue weighted by Gasteiger charge is -2.36. The van der Waals surface area contributed by atoms with Gasteiger partial charge in [0.1, 0.15) is 0 Å². The molecule has 0 heterocycles. The van der Waals surface area contributed by atoms with Crippen LogP contribution in [0.5, 0.6) is 0 Å². The molecule has 1 unspecified atom stereocenters. The van der Waals surface area contributed by atoms with Crippen molar-refractivity contribution in [2.75, 3.05) is 6.54 Å². The highest BCUT2D eigenvalue weighted by molar-refractivity contribution is 5.16. The predicted molar refractivity (Wildman–Crippen MR) is 90.2 cm³/mol.